The Kier molecular flexibility index (Phi) is 4.07. The number of benzene rings is 1. The minimum absolute atomic E-state index is 0.220. The molecule has 0 unspecified atom stereocenters. The minimum atomic E-state index is -0.259. The van der Waals surface area contributed by atoms with Crippen LogP contribution >= 0.6 is 11.6 Å². The number of pyridine rings is 1. The molecule has 0 saturated carbocycles. The average molecular weight is 252 g/mol. The van der Waals surface area contributed by atoms with Crippen molar-refractivity contribution in [3.8, 4) is 0 Å². The monoisotopic (exact) mass is 251 g/mol. The first-order valence-electron chi connectivity index (χ1n) is 5.18. The summed E-state index contributed by atoms with van der Waals surface area (Å²) in [5.41, 5.74) is 1.33. The van der Waals surface area contributed by atoms with Gasteiger partial charge < -0.3 is 4.74 Å². The van der Waals surface area contributed by atoms with Gasteiger partial charge in [-0.25, -0.2) is 9.37 Å². The Hall–Kier alpha value is -1.45. The quantitative estimate of drug-likeness (QED) is 0.775. The van der Waals surface area contributed by atoms with Crippen molar-refractivity contribution < 1.29 is 9.13 Å². The van der Waals surface area contributed by atoms with Crippen LogP contribution in [-0.2, 0) is 18.0 Å². The van der Waals surface area contributed by atoms with Crippen LogP contribution in [0, 0.1) is 5.82 Å². The fraction of sp³-hybridized carbons (Fsp3) is 0.154. The molecule has 4 heteroatoms. The van der Waals surface area contributed by atoms with E-state index in [0.717, 1.165) is 5.56 Å². The zero-order chi connectivity index (χ0) is 12.1. The largest absolute Gasteiger partial charge is 0.372 e. The molecular weight excluding hydrogens is 241 g/mol. The lowest BCUT2D eigenvalue weighted by Gasteiger charge is -2.06. The van der Waals surface area contributed by atoms with Crippen LogP contribution in [0.15, 0.2) is 42.6 Å². The van der Waals surface area contributed by atoms with Crippen molar-refractivity contribution >= 4 is 11.6 Å². The molecule has 0 aliphatic carbocycles. The van der Waals surface area contributed by atoms with E-state index in [1.807, 2.05) is 6.07 Å². The molecule has 2 nitrogen and oxygen atoms in total. The lowest BCUT2D eigenvalue weighted by molar-refractivity contribution is 0.104. The van der Waals surface area contributed by atoms with Gasteiger partial charge in [0.25, 0.3) is 0 Å². The van der Waals surface area contributed by atoms with Crippen LogP contribution in [0.1, 0.15) is 11.1 Å². The smallest absolute Gasteiger partial charge is 0.134 e. The number of rotatable bonds is 4. The van der Waals surface area contributed by atoms with Crippen LogP contribution in [-0.4, -0.2) is 4.98 Å². The lowest BCUT2D eigenvalue weighted by Crippen LogP contribution is -1.97. The first kappa shape index (κ1) is 12.0. The molecular formula is C13H11ClFNO. The molecule has 0 radical (unpaired) electrons. The summed E-state index contributed by atoms with van der Waals surface area (Å²) in [6.45, 7) is 0.541. The van der Waals surface area contributed by atoms with Gasteiger partial charge in [0.05, 0.1) is 13.2 Å². The van der Waals surface area contributed by atoms with E-state index < -0.39 is 0 Å². The lowest BCUT2D eigenvalue weighted by atomic mass is 10.2. The third-order valence-corrected chi connectivity index (χ3v) is 2.65. The van der Waals surface area contributed by atoms with E-state index in [4.69, 9.17) is 16.3 Å². The highest BCUT2D eigenvalue weighted by Gasteiger charge is 2.03. The summed E-state index contributed by atoms with van der Waals surface area (Å²) in [4.78, 5) is 3.93. The van der Waals surface area contributed by atoms with Gasteiger partial charge in [-0.1, -0.05) is 35.9 Å². The third kappa shape index (κ3) is 3.25. The fourth-order valence-corrected chi connectivity index (χ4v) is 1.59. The second-order valence-electron chi connectivity index (χ2n) is 3.54. The number of halogens is 2. The van der Waals surface area contributed by atoms with E-state index >= 15 is 0 Å². The van der Waals surface area contributed by atoms with Gasteiger partial charge in [-0.3, -0.25) is 0 Å². The highest BCUT2D eigenvalue weighted by molar-refractivity contribution is 6.30. The molecule has 0 aliphatic heterocycles. The molecule has 0 spiro atoms. The van der Waals surface area contributed by atoms with Crippen LogP contribution in [0.25, 0.3) is 0 Å². The molecule has 0 saturated heterocycles. The molecule has 2 aromatic rings. The van der Waals surface area contributed by atoms with Crippen LogP contribution in [0.5, 0.6) is 0 Å². The van der Waals surface area contributed by atoms with E-state index in [2.05, 4.69) is 4.98 Å². The van der Waals surface area contributed by atoms with Gasteiger partial charge in [-0.2, -0.15) is 0 Å². The van der Waals surface area contributed by atoms with Crippen molar-refractivity contribution in [3.63, 3.8) is 0 Å². The van der Waals surface area contributed by atoms with Crippen LogP contribution in [0.4, 0.5) is 4.39 Å². The summed E-state index contributed by atoms with van der Waals surface area (Å²) in [6, 6.07) is 10.1. The Bertz CT molecular complexity index is 459. The molecule has 88 valence electrons. The molecule has 0 amide bonds. The van der Waals surface area contributed by atoms with E-state index in [1.165, 1.54) is 6.07 Å². The SMILES string of the molecule is Fc1ccccc1COCc1cccnc1Cl. The molecule has 1 heterocycles. The normalized spacial score (nSPS) is 10.5. The van der Waals surface area contributed by atoms with Gasteiger partial charge in [0.2, 0.25) is 0 Å². The Morgan fingerprint density at radius 1 is 1.06 bits per heavy atom. The highest BCUT2D eigenvalue weighted by atomic mass is 35.5. The van der Waals surface area contributed by atoms with Crippen LogP contribution in [0.2, 0.25) is 5.15 Å². The van der Waals surface area contributed by atoms with E-state index in [1.54, 1.807) is 30.5 Å². The summed E-state index contributed by atoms with van der Waals surface area (Å²) in [5.74, 6) is -0.259. The summed E-state index contributed by atoms with van der Waals surface area (Å²) in [6.07, 6.45) is 1.61. The molecule has 0 aliphatic rings. The third-order valence-electron chi connectivity index (χ3n) is 2.31. The predicted octanol–water partition coefficient (Wildman–Crippen LogP) is 3.59. The zero-order valence-electron chi connectivity index (χ0n) is 9.07. The van der Waals surface area contributed by atoms with Gasteiger partial charge in [-0.05, 0) is 12.1 Å². The van der Waals surface area contributed by atoms with Crippen molar-refractivity contribution in [1.29, 1.82) is 0 Å². The Balaban J connectivity index is 1.93. The van der Waals surface area contributed by atoms with Gasteiger partial charge in [0, 0.05) is 17.3 Å². The second-order valence-corrected chi connectivity index (χ2v) is 3.90. The topological polar surface area (TPSA) is 22.1 Å². The van der Waals surface area contributed by atoms with E-state index in [-0.39, 0.29) is 12.4 Å². The molecule has 1 aromatic carbocycles. The molecule has 0 N–H and O–H groups in total. The molecule has 1 aromatic heterocycles. The van der Waals surface area contributed by atoms with Crippen LogP contribution in [0.3, 0.4) is 0 Å². The molecule has 17 heavy (non-hydrogen) atoms. The summed E-state index contributed by atoms with van der Waals surface area (Å²) >= 11 is 5.87. The maximum atomic E-state index is 13.3. The number of nitrogens with zero attached hydrogens (tertiary/aromatic N) is 1. The van der Waals surface area contributed by atoms with Gasteiger partial charge in [0.15, 0.2) is 0 Å². The first-order valence-corrected chi connectivity index (χ1v) is 5.55. The van der Waals surface area contributed by atoms with Crippen molar-refractivity contribution in [3.05, 3.63) is 64.7 Å². The highest BCUT2D eigenvalue weighted by Crippen LogP contribution is 2.14. The number of aromatic nitrogens is 1. The van der Waals surface area contributed by atoms with Crippen molar-refractivity contribution in [2.45, 2.75) is 13.2 Å². The summed E-state index contributed by atoms with van der Waals surface area (Å²) < 4.78 is 18.7. The fourth-order valence-electron chi connectivity index (χ4n) is 1.41. The molecule has 0 atom stereocenters. The molecule has 2 rings (SSSR count). The number of hydrogen-bond acceptors (Lipinski definition) is 2. The molecule has 0 bridgehead atoms. The van der Waals surface area contributed by atoms with E-state index in [9.17, 15) is 4.39 Å². The maximum Gasteiger partial charge on any atom is 0.134 e. The number of ether oxygens (including phenoxy) is 1. The average Bonchev–Trinajstić information content (AvgIpc) is 2.34. The van der Waals surface area contributed by atoms with Crippen molar-refractivity contribution in [1.82, 2.24) is 4.98 Å². The van der Waals surface area contributed by atoms with Gasteiger partial charge in [-0.15, -0.1) is 0 Å². The van der Waals surface area contributed by atoms with Crippen molar-refractivity contribution in [2.24, 2.45) is 0 Å². The Morgan fingerprint density at radius 3 is 2.53 bits per heavy atom. The predicted molar refractivity (Wildman–Crippen MR) is 64.1 cm³/mol. The second kappa shape index (κ2) is 5.75. The first-order chi connectivity index (χ1) is 8.27. The van der Waals surface area contributed by atoms with Gasteiger partial charge >= 0.3 is 0 Å². The minimum Gasteiger partial charge on any atom is -0.372 e. The Morgan fingerprint density at radius 2 is 1.76 bits per heavy atom. The Labute approximate surface area is 104 Å². The van der Waals surface area contributed by atoms with Crippen molar-refractivity contribution in [2.75, 3.05) is 0 Å². The van der Waals surface area contributed by atoms with Gasteiger partial charge in [0.1, 0.15) is 11.0 Å². The van der Waals surface area contributed by atoms with E-state index in [0.29, 0.717) is 17.3 Å². The number of hydrogen-bond donors (Lipinski definition) is 0. The summed E-state index contributed by atoms with van der Waals surface area (Å²) in [5, 5.41) is 0.418. The standard InChI is InChI=1S/C13H11ClFNO/c14-13-11(5-3-7-16-13)9-17-8-10-4-1-2-6-12(10)15/h1-7H,8-9H2. The molecule has 0 fully saturated rings. The zero-order valence-corrected chi connectivity index (χ0v) is 9.82. The maximum absolute atomic E-state index is 13.3. The van der Waals surface area contributed by atoms with Crippen LogP contribution < -0.4 is 0 Å². The summed E-state index contributed by atoms with van der Waals surface area (Å²) in [7, 11) is 0.